The Morgan fingerprint density at radius 1 is 0.972 bits per heavy atom. The molecule has 0 heterocycles. The molecular formula is C26H48N4O6. The van der Waals surface area contributed by atoms with Crippen LogP contribution in [0.2, 0.25) is 0 Å². The maximum absolute atomic E-state index is 12.9. The normalized spacial score (nSPS) is 14.6. The van der Waals surface area contributed by atoms with Crippen molar-refractivity contribution in [3.63, 3.8) is 0 Å². The zero-order valence-corrected chi connectivity index (χ0v) is 22.9. The summed E-state index contributed by atoms with van der Waals surface area (Å²) in [7, 11) is 0. The molecule has 0 spiro atoms. The average Bonchev–Trinajstić information content (AvgIpc) is 2.80. The monoisotopic (exact) mass is 512 g/mol. The Hall–Kier alpha value is -2.49. The van der Waals surface area contributed by atoms with Crippen LogP contribution < -0.4 is 21.7 Å². The first-order valence-corrected chi connectivity index (χ1v) is 13.2. The number of ketones is 1. The number of esters is 1. The van der Waals surface area contributed by atoms with Gasteiger partial charge in [0.2, 0.25) is 5.91 Å². The van der Waals surface area contributed by atoms with Crippen molar-refractivity contribution in [3.8, 4) is 0 Å². The number of hydrogen-bond donors (Lipinski definition) is 4. The van der Waals surface area contributed by atoms with Crippen molar-refractivity contribution in [1.82, 2.24) is 16.0 Å². The highest BCUT2D eigenvalue weighted by atomic mass is 16.5. The minimum absolute atomic E-state index is 0.0639. The second-order valence-corrected chi connectivity index (χ2v) is 9.82. The van der Waals surface area contributed by atoms with E-state index in [1.165, 1.54) is 6.92 Å². The van der Waals surface area contributed by atoms with E-state index in [1.807, 2.05) is 34.6 Å². The van der Waals surface area contributed by atoms with E-state index in [4.69, 9.17) is 10.5 Å². The zero-order chi connectivity index (χ0) is 27.7. The standard InChI is InChI=1S/C26H48N4O6/c1-7-21(8-2)25(34)36-18(5)11-9-12-20(16-31)15-29-23(17(3)4)24(33)30-22(19(6)32)13-10-14-28-26(27)35/h16-18,20-23,29H,7-15H2,1-6H3,(H,30,33)(H3,27,28,35)/t18?,20?,22-,23-/m0/s1. The lowest BCUT2D eigenvalue weighted by Gasteiger charge is -2.26. The molecule has 3 amide bonds. The number of ether oxygens (including phenoxy) is 1. The van der Waals surface area contributed by atoms with Crippen LogP contribution in [-0.4, -0.2) is 61.3 Å². The number of rotatable bonds is 20. The lowest BCUT2D eigenvalue weighted by molar-refractivity contribution is -0.153. The van der Waals surface area contributed by atoms with Gasteiger partial charge in [0.1, 0.15) is 6.29 Å². The third-order valence-electron chi connectivity index (χ3n) is 6.34. The van der Waals surface area contributed by atoms with Crippen LogP contribution in [0.5, 0.6) is 0 Å². The predicted molar refractivity (Wildman–Crippen MR) is 139 cm³/mol. The lowest BCUT2D eigenvalue weighted by Crippen LogP contribution is -2.53. The number of carbonyl (C=O) groups is 5. The average molecular weight is 513 g/mol. The highest BCUT2D eigenvalue weighted by Gasteiger charge is 2.26. The van der Waals surface area contributed by atoms with Gasteiger partial charge in [-0.2, -0.15) is 0 Å². The van der Waals surface area contributed by atoms with Gasteiger partial charge in [-0.3, -0.25) is 14.4 Å². The van der Waals surface area contributed by atoms with Crippen molar-refractivity contribution < 1.29 is 28.7 Å². The smallest absolute Gasteiger partial charge is 0.312 e. The highest BCUT2D eigenvalue weighted by molar-refractivity contribution is 5.89. The number of primary amides is 1. The summed E-state index contributed by atoms with van der Waals surface area (Å²) in [4.78, 5) is 59.4. The summed E-state index contributed by atoms with van der Waals surface area (Å²) in [6.45, 7) is 11.6. The van der Waals surface area contributed by atoms with E-state index < -0.39 is 18.1 Å². The van der Waals surface area contributed by atoms with Crippen LogP contribution in [0.1, 0.15) is 86.5 Å². The first kappa shape index (κ1) is 33.5. The van der Waals surface area contributed by atoms with Crippen LogP contribution in [-0.2, 0) is 23.9 Å². The molecule has 0 aromatic heterocycles. The molecule has 2 unspecified atom stereocenters. The van der Waals surface area contributed by atoms with Gasteiger partial charge >= 0.3 is 12.0 Å². The van der Waals surface area contributed by atoms with E-state index >= 15 is 0 Å². The maximum Gasteiger partial charge on any atom is 0.312 e. The van der Waals surface area contributed by atoms with Gasteiger partial charge < -0.3 is 31.2 Å². The lowest BCUT2D eigenvalue weighted by atomic mass is 9.98. The third kappa shape index (κ3) is 14.2. The Bertz CT molecular complexity index is 696. The number of urea groups is 1. The van der Waals surface area contributed by atoms with Gasteiger partial charge in [-0.05, 0) is 64.7 Å². The first-order valence-electron chi connectivity index (χ1n) is 13.2. The Balaban J connectivity index is 4.70. The van der Waals surface area contributed by atoms with Crippen LogP contribution in [0, 0.1) is 17.8 Å². The summed E-state index contributed by atoms with van der Waals surface area (Å²) in [5, 5.41) is 8.44. The summed E-state index contributed by atoms with van der Waals surface area (Å²) in [5.74, 6) is -1.07. The van der Waals surface area contributed by atoms with Crippen molar-refractivity contribution in [2.45, 2.75) is 105 Å². The van der Waals surface area contributed by atoms with Gasteiger partial charge in [-0.1, -0.05) is 27.7 Å². The van der Waals surface area contributed by atoms with Crippen LogP contribution >= 0.6 is 0 Å². The van der Waals surface area contributed by atoms with Crippen LogP contribution in [0.3, 0.4) is 0 Å². The Morgan fingerprint density at radius 2 is 1.61 bits per heavy atom. The number of amides is 3. The minimum Gasteiger partial charge on any atom is -0.462 e. The van der Waals surface area contributed by atoms with Crippen LogP contribution in [0.15, 0.2) is 0 Å². The number of aldehydes is 1. The van der Waals surface area contributed by atoms with Gasteiger partial charge in [0.15, 0.2) is 5.78 Å². The summed E-state index contributed by atoms with van der Waals surface area (Å²) in [5.41, 5.74) is 5.04. The number of carbonyl (C=O) groups excluding carboxylic acids is 5. The first-order chi connectivity index (χ1) is 17.0. The molecule has 5 N–H and O–H groups in total. The molecule has 36 heavy (non-hydrogen) atoms. The molecule has 0 aliphatic rings. The van der Waals surface area contributed by atoms with E-state index in [0.717, 1.165) is 19.1 Å². The van der Waals surface area contributed by atoms with Crippen LogP contribution in [0.4, 0.5) is 4.79 Å². The van der Waals surface area contributed by atoms with E-state index in [0.29, 0.717) is 45.2 Å². The SMILES string of the molecule is CCC(CC)C(=O)OC(C)CCCC(C=O)CN[C@H](C(=O)N[C@@H](CCCNC(N)=O)C(C)=O)C(C)C. The largest absolute Gasteiger partial charge is 0.462 e. The summed E-state index contributed by atoms with van der Waals surface area (Å²) in [6, 6.07) is -1.87. The van der Waals surface area contributed by atoms with E-state index in [9.17, 15) is 24.0 Å². The van der Waals surface area contributed by atoms with Crippen molar-refractivity contribution in [1.29, 1.82) is 0 Å². The van der Waals surface area contributed by atoms with E-state index in [2.05, 4.69) is 16.0 Å². The second-order valence-electron chi connectivity index (χ2n) is 9.82. The molecule has 4 atom stereocenters. The Labute approximate surface area is 216 Å². The van der Waals surface area contributed by atoms with Gasteiger partial charge in [0.05, 0.1) is 24.1 Å². The van der Waals surface area contributed by atoms with Gasteiger partial charge in [0.25, 0.3) is 0 Å². The molecule has 0 saturated carbocycles. The molecular weight excluding hydrogens is 464 g/mol. The molecule has 10 heteroatoms. The maximum atomic E-state index is 12.9. The highest BCUT2D eigenvalue weighted by Crippen LogP contribution is 2.15. The third-order valence-corrected chi connectivity index (χ3v) is 6.34. The zero-order valence-electron chi connectivity index (χ0n) is 22.9. The van der Waals surface area contributed by atoms with Gasteiger partial charge in [-0.25, -0.2) is 4.79 Å². The Morgan fingerprint density at radius 3 is 2.11 bits per heavy atom. The molecule has 0 aromatic rings. The number of Topliss-reactive ketones (excluding diaryl/α,β-unsaturated/α-hetero) is 1. The van der Waals surface area contributed by atoms with Crippen molar-refractivity contribution in [2.24, 2.45) is 23.5 Å². The Kier molecular flexibility index (Phi) is 17.4. The van der Waals surface area contributed by atoms with Crippen molar-refractivity contribution >= 4 is 30.0 Å². The summed E-state index contributed by atoms with van der Waals surface area (Å²) < 4.78 is 5.52. The quantitative estimate of drug-likeness (QED) is 0.111. The molecule has 0 rings (SSSR count). The molecule has 10 nitrogen and oxygen atoms in total. The molecule has 0 radical (unpaired) electrons. The molecule has 208 valence electrons. The molecule has 0 saturated heterocycles. The summed E-state index contributed by atoms with van der Waals surface area (Å²) in [6.07, 6.45) is 5.04. The fourth-order valence-corrected chi connectivity index (χ4v) is 3.93. The molecule has 0 fully saturated rings. The molecule has 0 aromatic carbocycles. The molecule has 0 aliphatic carbocycles. The van der Waals surface area contributed by atoms with Crippen LogP contribution in [0.25, 0.3) is 0 Å². The second kappa shape index (κ2) is 18.7. The van der Waals surface area contributed by atoms with Crippen molar-refractivity contribution in [3.05, 3.63) is 0 Å². The van der Waals surface area contributed by atoms with Gasteiger partial charge in [0, 0.05) is 19.0 Å². The topological polar surface area (TPSA) is 157 Å². The number of hydrogen-bond acceptors (Lipinski definition) is 7. The molecule has 0 aliphatic heterocycles. The van der Waals surface area contributed by atoms with Crippen molar-refractivity contribution in [2.75, 3.05) is 13.1 Å². The number of nitrogens with two attached hydrogens (primary N) is 1. The minimum atomic E-state index is -0.665. The fourth-order valence-electron chi connectivity index (χ4n) is 3.93. The van der Waals surface area contributed by atoms with E-state index in [-0.39, 0.29) is 41.5 Å². The van der Waals surface area contributed by atoms with E-state index in [1.54, 1.807) is 0 Å². The molecule has 0 bridgehead atoms. The number of nitrogens with one attached hydrogen (secondary N) is 3. The predicted octanol–water partition coefficient (Wildman–Crippen LogP) is 2.48. The summed E-state index contributed by atoms with van der Waals surface area (Å²) >= 11 is 0. The van der Waals surface area contributed by atoms with Gasteiger partial charge in [-0.15, -0.1) is 0 Å². The fraction of sp³-hybridized carbons (Fsp3) is 0.808.